The van der Waals surface area contributed by atoms with Gasteiger partial charge < -0.3 is 9.32 Å². The van der Waals surface area contributed by atoms with Crippen LogP contribution in [0, 0.1) is 10.1 Å². The fraction of sp³-hybridized carbons (Fsp3) is 0.300. The molecule has 1 atom stereocenters. The van der Waals surface area contributed by atoms with E-state index in [9.17, 15) is 10.1 Å². The smallest absolute Gasteiger partial charge is 0.269 e. The van der Waals surface area contributed by atoms with Crippen molar-refractivity contribution < 1.29 is 9.34 Å². The van der Waals surface area contributed by atoms with Gasteiger partial charge in [0.05, 0.1) is 11.0 Å². The van der Waals surface area contributed by atoms with E-state index in [1.54, 1.807) is 12.1 Å². The van der Waals surface area contributed by atoms with Crippen molar-refractivity contribution in [3.05, 3.63) is 69.6 Å². The highest BCUT2D eigenvalue weighted by Gasteiger charge is 2.26. The molecule has 1 aliphatic rings. The number of nitrogens with zero attached hydrogens (tertiary/aromatic N) is 5. The van der Waals surface area contributed by atoms with Crippen LogP contribution in [-0.4, -0.2) is 46.2 Å². The normalized spacial score (nSPS) is 16.0. The minimum absolute atomic E-state index is 0.0178. The first-order chi connectivity index (χ1) is 14.0. The van der Waals surface area contributed by atoms with Crippen molar-refractivity contribution in [3.8, 4) is 11.5 Å². The average molecular weight is 414 g/mol. The van der Waals surface area contributed by atoms with Gasteiger partial charge in [0, 0.05) is 54.6 Å². The Hall–Kier alpha value is -2.97. The standard InChI is InChI=1S/C20H20ClN5O3/c1-14(24-9-11-25(12-10-24)18-4-2-3-16(21)13-18)19-22-23-20(29-19)15-5-7-17(8-6-15)26(27)28/h2-8,13-14H,9-12H2,1H3/t14-/m1/s1. The van der Waals surface area contributed by atoms with Crippen molar-refractivity contribution in [2.75, 3.05) is 31.1 Å². The highest BCUT2D eigenvalue weighted by atomic mass is 35.5. The van der Waals surface area contributed by atoms with Crippen LogP contribution in [0.1, 0.15) is 18.9 Å². The number of hydrogen-bond donors (Lipinski definition) is 0. The Balaban J connectivity index is 1.40. The summed E-state index contributed by atoms with van der Waals surface area (Å²) in [6.07, 6.45) is 0. The largest absolute Gasteiger partial charge is 0.419 e. The van der Waals surface area contributed by atoms with E-state index < -0.39 is 4.92 Å². The second-order valence-electron chi connectivity index (χ2n) is 6.93. The molecule has 8 nitrogen and oxygen atoms in total. The lowest BCUT2D eigenvalue weighted by atomic mass is 10.2. The summed E-state index contributed by atoms with van der Waals surface area (Å²) >= 11 is 6.10. The Labute approximate surface area is 172 Å². The lowest BCUT2D eigenvalue weighted by Gasteiger charge is -2.38. The van der Waals surface area contributed by atoms with E-state index in [0.717, 1.165) is 36.9 Å². The number of aromatic nitrogens is 2. The molecule has 0 unspecified atom stereocenters. The summed E-state index contributed by atoms with van der Waals surface area (Å²) in [5, 5.41) is 19.8. The third-order valence-corrected chi connectivity index (χ3v) is 5.39. The zero-order valence-corrected chi connectivity index (χ0v) is 16.6. The Morgan fingerprint density at radius 2 is 1.83 bits per heavy atom. The first-order valence-electron chi connectivity index (χ1n) is 9.34. The number of anilines is 1. The molecule has 0 amide bonds. The average Bonchev–Trinajstić information content (AvgIpc) is 3.24. The minimum Gasteiger partial charge on any atom is -0.419 e. The van der Waals surface area contributed by atoms with E-state index in [4.69, 9.17) is 16.0 Å². The van der Waals surface area contributed by atoms with E-state index in [1.807, 2.05) is 25.1 Å². The first kappa shape index (κ1) is 19.4. The summed E-state index contributed by atoms with van der Waals surface area (Å²) < 4.78 is 5.85. The highest BCUT2D eigenvalue weighted by molar-refractivity contribution is 6.30. The summed E-state index contributed by atoms with van der Waals surface area (Å²) in [6.45, 7) is 5.54. The third kappa shape index (κ3) is 4.23. The Morgan fingerprint density at radius 1 is 1.10 bits per heavy atom. The Kier molecular flexibility index (Phi) is 5.46. The molecule has 1 fully saturated rings. The molecule has 9 heteroatoms. The molecule has 0 radical (unpaired) electrons. The van der Waals surface area contributed by atoms with Crippen molar-refractivity contribution in [2.24, 2.45) is 0 Å². The molecule has 1 saturated heterocycles. The summed E-state index contributed by atoms with van der Waals surface area (Å²) in [5.74, 6) is 0.897. The Bertz CT molecular complexity index is 999. The zero-order chi connectivity index (χ0) is 20.4. The molecular weight excluding hydrogens is 394 g/mol. The summed E-state index contributed by atoms with van der Waals surface area (Å²) in [4.78, 5) is 15.0. The van der Waals surface area contributed by atoms with E-state index in [-0.39, 0.29) is 11.7 Å². The second kappa shape index (κ2) is 8.18. The molecule has 0 saturated carbocycles. The van der Waals surface area contributed by atoms with Gasteiger partial charge in [0.1, 0.15) is 0 Å². The fourth-order valence-corrected chi connectivity index (χ4v) is 3.63. The number of rotatable bonds is 5. The zero-order valence-electron chi connectivity index (χ0n) is 15.9. The Morgan fingerprint density at radius 3 is 2.48 bits per heavy atom. The van der Waals surface area contributed by atoms with Crippen LogP contribution >= 0.6 is 11.6 Å². The van der Waals surface area contributed by atoms with Gasteiger partial charge in [-0.25, -0.2) is 0 Å². The summed E-state index contributed by atoms with van der Waals surface area (Å²) in [7, 11) is 0. The maximum atomic E-state index is 10.8. The molecule has 1 aromatic heterocycles. The molecule has 0 N–H and O–H groups in total. The van der Waals surface area contributed by atoms with Gasteiger partial charge in [-0.05, 0) is 37.3 Å². The van der Waals surface area contributed by atoms with Crippen LogP contribution in [0.4, 0.5) is 11.4 Å². The van der Waals surface area contributed by atoms with Crippen molar-refractivity contribution in [2.45, 2.75) is 13.0 Å². The van der Waals surface area contributed by atoms with Crippen molar-refractivity contribution >= 4 is 23.0 Å². The van der Waals surface area contributed by atoms with Crippen LogP contribution in [0.5, 0.6) is 0 Å². The molecule has 2 aromatic carbocycles. The lowest BCUT2D eigenvalue weighted by Crippen LogP contribution is -2.47. The molecule has 29 heavy (non-hydrogen) atoms. The van der Waals surface area contributed by atoms with Crippen LogP contribution in [0.3, 0.4) is 0 Å². The maximum absolute atomic E-state index is 10.8. The van der Waals surface area contributed by atoms with Crippen molar-refractivity contribution in [3.63, 3.8) is 0 Å². The molecule has 3 aromatic rings. The number of non-ortho nitro benzene ring substituents is 1. The van der Waals surface area contributed by atoms with E-state index in [2.05, 4.69) is 26.1 Å². The molecule has 4 rings (SSSR count). The van der Waals surface area contributed by atoms with Gasteiger partial charge in [0.25, 0.3) is 5.69 Å². The van der Waals surface area contributed by atoms with Gasteiger partial charge >= 0.3 is 0 Å². The van der Waals surface area contributed by atoms with Crippen molar-refractivity contribution in [1.82, 2.24) is 15.1 Å². The van der Waals surface area contributed by atoms with Crippen LogP contribution in [-0.2, 0) is 0 Å². The van der Waals surface area contributed by atoms with Crippen LogP contribution < -0.4 is 4.90 Å². The molecule has 150 valence electrons. The molecule has 0 aliphatic carbocycles. The second-order valence-corrected chi connectivity index (χ2v) is 7.36. The monoisotopic (exact) mass is 413 g/mol. The van der Waals surface area contributed by atoms with E-state index in [1.165, 1.54) is 12.1 Å². The van der Waals surface area contributed by atoms with Crippen molar-refractivity contribution in [1.29, 1.82) is 0 Å². The van der Waals surface area contributed by atoms with Gasteiger partial charge in [0.15, 0.2) is 0 Å². The number of benzene rings is 2. The van der Waals surface area contributed by atoms with Gasteiger partial charge in [0.2, 0.25) is 11.8 Å². The molecular formula is C20H20ClN5O3. The highest BCUT2D eigenvalue weighted by Crippen LogP contribution is 2.27. The van der Waals surface area contributed by atoms with Crippen LogP contribution in [0.25, 0.3) is 11.5 Å². The summed E-state index contributed by atoms with van der Waals surface area (Å²) in [5.41, 5.74) is 1.81. The lowest BCUT2D eigenvalue weighted by molar-refractivity contribution is -0.384. The number of nitro benzene ring substituents is 1. The van der Waals surface area contributed by atoms with E-state index >= 15 is 0 Å². The third-order valence-electron chi connectivity index (χ3n) is 5.16. The van der Waals surface area contributed by atoms with Gasteiger partial charge in [-0.15, -0.1) is 10.2 Å². The predicted molar refractivity (Wildman–Crippen MR) is 110 cm³/mol. The van der Waals surface area contributed by atoms with E-state index in [0.29, 0.717) is 17.3 Å². The number of hydrogen-bond acceptors (Lipinski definition) is 7. The van der Waals surface area contributed by atoms with Gasteiger partial charge in [-0.1, -0.05) is 17.7 Å². The SMILES string of the molecule is C[C@H](c1nnc(-c2ccc([N+](=O)[O-])cc2)o1)N1CCN(c2cccc(Cl)c2)CC1. The van der Waals surface area contributed by atoms with Crippen LogP contribution in [0.15, 0.2) is 52.9 Å². The fourth-order valence-electron chi connectivity index (χ4n) is 3.44. The molecule has 2 heterocycles. The molecule has 0 spiro atoms. The quantitative estimate of drug-likeness (QED) is 0.457. The number of piperazine rings is 1. The topological polar surface area (TPSA) is 88.5 Å². The first-order valence-corrected chi connectivity index (χ1v) is 9.72. The predicted octanol–water partition coefficient (Wildman–Crippen LogP) is 4.18. The number of nitro groups is 1. The van der Waals surface area contributed by atoms with Crippen LogP contribution in [0.2, 0.25) is 5.02 Å². The molecule has 0 bridgehead atoms. The number of halogens is 1. The van der Waals surface area contributed by atoms with Gasteiger partial charge in [-0.3, -0.25) is 15.0 Å². The summed E-state index contributed by atoms with van der Waals surface area (Å²) in [6, 6.07) is 14.0. The maximum Gasteiger partial charge on any atom is 0.269 e. The minimum atomic E-state index is -0.436. The molecule has 1 aliphatic heterocycles. The van der Waals surface area contributed by atoms with Gasteiger partial charge in [-0.2, -0.15) is 0 Å².